The molecule has 0 radical (unpaired) electrons. The lowest BCUT2D eigenvalue weighted by Crippen LogP contribution is -2.52. The van der Waals surface area contributed by atoms with Crippen LogP contribution in [0.5, 0.6) is 0 Å². The Balaban J connectivity index is 1.46. The summed E-state index contributed by atoms with van der Waals surface area (Å²) >= 11 is 0. The predicted molar refractivity (Wildman–Crippen MR) is 166 cm³/mol. The fourth-order valence-electron chi connectivity index (χ4n) is 4.49. The number of ether oxygens (including phenoxy) is 1. The molecule has 1 aliphatic rings. The third kappa shape index (κ3) is 8.44. The number of benzene rings is 3. The van der Waals surface area contributed by atoms with E-state index in [-0.39, 0.29) is 6.61 Å². The number of carbonyl (C=O) groups is 5. The van der Waals surface area contributed by atoms with Gasteiger partial charge in [-0.2, -0.15) is 5.10 Å². The zero-order valence-electron chi connectivity index (χ0n) is 24.5. The second-order valence-corrected chi connectivity index (χ2v) is 12.0. The third-order valence-electron chi connectivity index (χ3n) is 6.80. The number of nitrogens with zero attached hydrogens (tertiary/aromatic N) is 2. The molecule has 3 aromatic rings. The zero-order chi connectivity index (χ0) is 33.3. The van der Waals surface area contributed by atoms with Crippen LogP contribution >= 0.6 is 0 Å². The van der Waals surface area contributed by atoms with Gasteiger partial charge in [0.1, 0.15) is 30.5 Å². The molecule has 46 heavy (non-hydrogen) atoms. The maximum absolute atomic E-state index is 13.3. The van der Waals surface area contributed by atoms with Crippen molar-refractivity contribution in [3.05, 3.63) is 102 Å². The summed E-state index contributed by atoms with van der Waals surface area (Å²) in [6.45, 7) is 0.373. The van der Waals surface area contributed by atoms with E-state index in [9.17, 15) is 32.4 Å². The first kappa shape index (κ1) is 33.1. The number of hydrogen-bond acceptors (Lipinski definition) is 10. The van der Waals surface area contributed by atoms with Crippen LogP contribution in [0.4, 0.5) is 15.3 Å². The molecule has 1 unspecified atom stereocenters. The molecule has 0 bridgehead atoms. The summed E-state index contributed by atoms with van der Waals surface area (Å²) in [5, 5.41) is 10.6. The molecule has 0 saturated carbocycles. The van der Waals surface area contributed by atoms with E-state index in [2.05, 4.69) is 21.1 Å². The van der Waals surface area contributed by atoms with Crippen LogP contribution < -0.4 is 26.5 Å². The van der Waals surface area contributed by atoms with Crippen LogP contribution in [0.15, 0.2) is 90.0 Å². The maximum atomic E-state index is 13.3. The zero-order valence-corrected chi connectivity index (χ0v) is 25.3. The molecule has 3 aromatic carbocycles. The maximum Gasteiger partial charge on any atom is 0.332 e. The van der Waals surface area contributed by atoms with Gasteiger partial charge in [0.05, 0.1) is 6.21 Å². The van der Waals surface area contributed by atoms with Crippen LogP contribution in [-0.2, 0) is 41.3 Å². The number of sulfonamides is 1. The van der Waals surface area contributed by atoms with E-state index in [1.54, 1.807) is 77.5 Å². The Hall–Kier alpha value is -5.77. The van der Waals surface area contributed by atoms with Gasteiger partial charge < -0.3 is 26.5 Å². The minimum atomic E-state index is -4.54. The number of carbonyl (C=O) groups excluding carboxylic acids is 5. The molecule has 1 aliphatic heterocycles. The number of nitrogens with one attached hydrogen (secondary N) is 4. The normalized spacial score (nSPS) is 16.8. The van der Waals surface area contributed by atoms with Crippen molar-refractivity contribution in [2.45, 2.75) is 25.1 Å². The van der Waals surface area contributed by atoms with E-state index in [0.29, 0.717) is 27.3 Å². The van der Waals surface area contributed by atoms with E-state index in [0.717, 1.165) is 0 Å². The molecule has 16 heteroatoms. The van der Waals surface area contributed by atoms with E-state index in [4.69, 9.17) is 10.6 Å². The average Bonchev–Trinajstić information content (AvgIpc) is 3.24. The van der Waals surface area contributed by atoms with Crippen molar-refractivity contribution in [3.63, 3.8) is 0 Å². The number of hydrazone groups is 1. The monoisotopic (exact) mass is 649 g/mol. The average molecular weight is 650 g/mol. The summed E-state index contributed by atoms with van der Waals surface area (Å²) in [6, 6.07) is 19.1. The van der Waals surface area contributed by atoms with Gasteiger partial charge in [0, 0.05) is 5.69 Å². The summed E-state index contributed by atoms with van der Waals surface area (Å²) in [5.74, 6) is 1.14. The van der Waals surface area contributed by atoms with Gasteiger partial charge in [-0.3, -0.25) is 14.5 Å². The SMILES string of the molecule is CC1(c2ccc(C=NN)cc2)NC(=O)N(CC(=O)N[C@H](CS(=O)(=O)NC(=O)Nc2ccccc2)C(=O)OCc2ccccc2)C1=O. The first-order chi connectivity index (χ1) is 21.9. The highest BCUT2D eigenvalue weighted by Crippen LogP contribution is 2.28. The van der Waals surface area contributed by atoms with Gasteiger partial charge in [0.15, 0.2) is 0 Å². The van der Waals surface area contributed by atoms with Crippen molar-refractivity contribution >= 4 is 51.8 Å². The molecule has 0 aromatic heterocycles. The smallest absolute Gasteiger partial charge is 0.332 e. The van der Waals surface area contributed by atoms with Crippen LogP contribution in [-0.4, -0.2) is 67.7 Å². The first-order valence-electron chi connectivity index (χ1n) is 13.7. The molecule has 4 rings (SSSR count). The van der Waals surface area contributed by atoms with Gasteiger partial charge in [0.2, 0.25) is 15.9 Å². The molecule has 1 heterocycles. The second kappa shape index (κ2) is 14.3. The summed E-state index contributed by atoms with van der Waals surface area (Å²) in [7, 11) is -4.54. The Kier molecular flexibility index (Phi) is 10.3. The summed E-state index contributed by atoms with van der Waals surface area (Å²) in [6.07, 6.45) is 1.39. The molecule has 240 valence electrons. The Bertz CT molecular complexity index is 1740. The molecule has 0 spiro atoms. The fourth-order valence-corrected chi connectivity index (χ4v) is 5.56. The van der Waals surface area contributed by atoms with Gasteiger partial charge in [-0.15, -0.1) is 0 Å². The fraction of sp³-hybridized carbons (Fsp3) is 0.200. The van der Waals surface area contributed by atoms with Crippen molar-refractivity contribution in [1.82, 2.24) is 20.3 Å². The molecule has 0 aliphatic carbocycles. The Morgan fingerprint density at radius 1 is 1.00 bits per heavy atom. The number of rotatable bonds is 12. The van der Waals surface area contributed by atoms with Gasteiger partial charge >= 0.3 is 18.0 Å². The molecular weight excluding hydrogens is 618 g/mol. The lowest BCUT2D eigenvalue weighted by molar-refractivity contribution is -0.148. The third-order valence-corrected chi connectivity index (χ3v) is 8.07. The highest BCUT2D eigenvalue weighted by molar-refractivity contribution is 7.90. The summed E-state index contributed by atoms with van der Waals surface area (Å²) in [5.41, 5.74) is 0.434. The number of anilines is 1. The van der Waals surface area contributed by atoms with E-state index < -0.39 is 63.7 Å². The van der Waals surface area contributed by atoms with E-state index >= 15 is 0 Å². The quantitative estimate of drug-likeness (QED) is 0.0623. The highest BCUT2D eigenvalue weighted by atomic mass is 32.2. The van der Waals surface area contributed by atoms with Crippen molar-refractivity contribution in [3.8, 4) is 0 Å². The summed E-state index contributed by atoms with van der Waals surface area (Å²) < 4.78 is 32.8. The molecule has 15 nitrogen and oxygen atoms in total. The Morgan fingerprint density at radius 3 is 2.26 bits per heavy atom. The minimum Gasteiger partial charge on any atom is -0.459 e. The number of hydrogen-bond donors (Lipinski definition) is 5. The van der Waals surface area contributed by atoms with Gasteiger partial charge in [-0.1, -0.05) is 72.8 Å². The van der Waals surface area contributed by atoms with Crippen molar-refractivity contribution in [1.29, 1.82) is 0 Å². The number of nitrogens with two attached hydrogens (primary N) is 1. The van der Waals surface area contributed by atoms with Gasteiger partial charge in [-0.05, 0) is 35.7 Å². The number of amides is 6. The number of imide groups is 1. The first-order valence-corrected chi connectivity index (χ1v) is 15.4. The standard InChI is InChI=1S/C30H31N7O8S/c1-30(22-14-12-20(13-15-22)16-32-31)27(40)37(29(42)35-30)17-25(38)34-24(26(39)45-18-21-8-4-2-5-9-21)19-46(43,44)36-28(41)33-23-10-6-3-7-11-23/h2-16,24H,17-19,31H2,1H3,(H,34,38)(H,35,42)(H2,33,36,41)/t24-,30?/m1/s1. The Labute approximate surface area is 264 Å². The minimum absolute atomic E-state index is 0.241. The number of urea groups is 2. The van der Waals surface area contributed by atoms with Crippen LogP contribution in [0.2, 0.25) is 0 Å². The van der Waals surface area contributed by atoms with Crippen LogP contribution in [0.25, 0.3) is 0 Å². The molecule has 1 fully saturated rings. The molecule has 2 atom stereocenters. The predicted octanol–water partition coefficient (Wildman–Crippen LogP) is 1.13. The highest BCUT2D eigenvalue weighted by Gasteiger charge is 2.49. The molecular formula is C30H31N7O8S. The van der Waals surface area contributed by atoms with E-state index in [1.165, 1.54) is 25.3 Å². The van der Waals surface area contributed by atoms with E-state index in [1.807, 2.05) is 0 Å². The number of para-hydroxylation sites is 1. The van der Waals surface area contributed by atoms with Crippen LogP contribution in [0.3, 0.4) is 0 Å². The molecule has 6 amide bonds. The van der Waals surface area contributed by atoms with Crippen molar-refractivity contribution in [2.24, 2.45) is 10.9 Å². The van der Waals surface area contributed by atoms with Crippen LogP contribution in [0, 0.1) is 0 Å². The lowest BCUT2D eigenvalue weighted by atomic mass is 9.91. The second-order valence-electron chi connectivity index (χ2n) is 10.3. The molecule has 1 saturated heterocycles. The largest absolute Gasteiger partial charge is 0.459 e. The lowest BCUT2D eigenvalue weighted by Gasteiger charge is -2.23. The number of esters is 1. The van der Waals surface area contributed by atoms with Gasteiger partial charge in [-0.25, -0.2) is 27.5 Å². The summed E-state index contributed by atoms with van der Waals surface area (Å²) in [4.78, 5) is 65.2. The topological polar surface area (TPSA) is 218 Å². The van der Waals surface area contributed by atoms with Gasteiger partial charge in [0.25, 0.3) is 5.91 Å². The molecule has 6 N–H and O–H groups in total. The van der Waals surface area contributed by atoms with Crippen molar-refractivity contribution < 1.29 is 37.1 Å². The van der Waals surface area contributed by atoms with Crippen LogP contribution in [0.1, 0.15) is 23.6 Å². The van der Waals surface area contributed by atoms with Crippen molar-refractivity contribution in [2.75, 3.05) is 17.6 Å². The Morgan fingerprint density at radius 2 is 1.63 bits per heavy atom.